The smallest absolute Gasteiger partial charge is 0.0419 e. The molecule has 0 saturated carbocycles. The highest BCUT2D eigenvalue weighted by Crippen LogP contribution is 2.27. The van der Waals surface area contributed by atoms with Gasteiger partial charge in [-0.25, -0.2) is 0 Å². The lowest BCUT2D eigenvalue weighted by molar-refractivity contribution is 0.221. The normalized spacial score (nSPS) is 14.1. The van der Waals surface area contributed by atoms with Gasteiger partial charge in [-0.1, -0.05) is 39.0 Å². The topological polar surface area (TPSA) is 15.3 Å². The van der Waals surface area contributed by atoms with Crippen LogP contribution in [-0.4, -0.2) is 25.0 Å². The van der Waals surface area contributed by atoms with E-state index in [0.717, 1.165) is 19.6 Å². The van der Waals surface area contributed by atoms with Gasteiger partial charge < -0.3 is 10.2 Å². The summed E-state index contributed by atoms with van der Waals surface area (Å²) in [6.07, 6.45) is 1.17. The molecule has 102 valence electrons. The van der Waals surface area contributed by atoms with Gasteiger partial charge in [0.25, 0.3) is 0 Å². The number of halogens is 1. The monoisotopic (exact) mass is 268 g/mol. The molecule has 1 N–H and O–H groups in total. The molecule has 0 aromatic heterocycles. The zero-order chi connectivity index (χ0) is 12.5. The van der Waals surface area contributed by atoms with E-state index >= 15 is 0 Å². The van der Waals surface area contributed by atoms with Gasteiger partial charge in [0.05, 0.1) is 0 Å². The molecule has 0 bridgehead atoms. The lowest BCUT2D eigenvalue weighted by Crippen LogP contribution is -2.29. The molecule has 0 unspecified atom stereocenters. The summed E-state index contributed by atoms with van der Waals surface area (Å²) >= 11 is 0. The third-order valence-corrected chi connectivity index (χ3v) is 3.12. The van der Waals surface area contributed by atoms with E-state index in [9.17, 15) is 0 Å². The Bertz CT molecular complexity index is 396. The van der Waals surface area contributed by atoms with Crippen molar-refractivity contribution in [1.82, 2.24) is 4.90 Å². The number of nitrogens with one attached hydrogen (secondary N) is 1. The largest absolute Gasteiger partial charge is 0.384 e. The van der Waals surface area contributed by atoms with Crippen molar-refractivity contribution in [2.24, 2.45) is 5.41 Å². The second-order valence-corrected chi connectivity index (χ2v) is 6.36. The van der Waals surface area contributed by atoms with Crippen LogP contribution in [0.1, 0.15) is 31.9 Å². The molecule has 1 heterocycles. The van der Waals surface area contributed by atoms with Crippen molar-refractivity contribution in [3.05, 3.63) is 29.3 Å². The summed E-state index contributed by atoms with van der Waals surface area (Å²) < 4.78 is 0. The molecule has 0 amide bonds. The first-order chi connectivity index (χ1) is 7.96. The molecule has 3 heteroatoms. The average Bonchev–Trinajstić information content (AvgIpc) is 2.63. The van der Waals surface area contributed by atoms with E-state index in [0.29, 0.717) is 5.41 Å². The second kappa shape index (κ2) is 5.94. The summed E-state index contributed by atoms with van der Waals surface area (Å²) in [6, 6.07) is 6.67. The van der Waals surface area contributed by atoms with Crippen molar-refractivity contribution in [1.29, 1.82) is 0 Å². The van der Waals surface area contributed by atoms with Crippen molar-refractivity contribution < 1.29 is 0 Å². The van der Waals surface area contributed by atoms with Crippen LogP contribution in [-0.2, 0) is 13.0 Å². The summed E-state index contributed by atoms with van der Waals surface area (Å²) in [5, 5.41) is 3.51. The van der Waals surface area contributed by atoms with Crippen molar-refractivity contribution in [2.45, 2.75) is 33.7 Å². The molecule has 0 atom stereocenters. The first-order valence-electron chi connectivity index (χ1n) is 6.49. The van der Waals surface area contributed by atoms with Gasteiger partial charge >= 0.3 is 0 Å². The van der Waals surface area contributed by atoms with Gasteiger partial charge in [-0.2, -0.15) is 0 Å². The molecule has 2 nitrogen and oxygen atoms in total. The molecular formula is C15H25ClN2. The SMILES string of the molecule is CN(Cc1cccc2c1NCC2)CC(C)(C)C.Cl. The lowest BCUT2D eigenvalue weighted by atomic mass is 9.96. The number of anilines is 1. The van der Waals surface area contributed by atoms with Crippen molar-refractivity contribution in [3.8, 4) is 0 Å². The van der Waals surface area contributed by atoms with Crippen molar-refractivity contribution >= 4 is 18.1 Å². The minimum Gasteiger partial charge on any atom is -0.384 e. The maximum atomic E-state index is 3.51. The number of fused-ring (bicyclic) bond motifs is 1. The number of rotatable bonds is 3. The highest BCUT2D eigenvalue weighted by Gasteiger charge is 2.17. The van der Waals surface area contributed by atoms with Crippen molar-refractivity contribution in [2.75, 3.05) is 25.5 Å². The Morgan fingerprint density at radius 3 is 2.67 bits per heavy atom. The Morgan fingerprint density at radius 1 is 1.28 bits per heavy atom. The molecule has 0 radical (unpaired) electrons. The van der Waals surface area contributed by atoms with Crippen LogP contribution in [0.15, 0.2) is 18.2 Å². The Balaban J connectivity index is 0.00000162. The summed E-state index contributed by atoms with van der Waals surface area (Å²) in [7, 11) is 2.21. The minimum atomic E-state index is 0. The molecule has 1 aliphatic rings. The van der Waals surface area contributed by atoms with Crippen LogP contribution in [0.4, 0.5) is 5.69 Å². The lowest BCUT2D eigenvalue weighted by Gasteiger charge is -2.27. The maximum absolute atomic E-state index is 3.51. The molecule has 0 fully saturated rings. The van der Waals surface area contributed by atoms with Gasteiger partial charge in [-0.05, 0) is 30.0 Å². The van der Waals surface area contributed by atoms with Gasteiger partial charge in [-0.3, -0.25) is 0 Å². The van der Waals surface area contributed by atoms with Crippen LogP contribution in [0.3, 0.4) is 0 Å². The Morgan fingerprint density at radius 2 is 2.00 bits per heavy atom. The van der Waals surface area contributed by atoms with Crippen LogP contribution in [0.25, 0.3) is 0 Å². The maximum Gasteiger partial charge on any atom is 0.0419 e. The van der Waals surface area contributed by atoms with Crippen LogP contribution >= 0.6 is 12.4 Å². The quantitative estimate of drug-likeness (QED) is 0.902. The molecule has 0 spiro atoms. The predicted molar refractivity (Wildman–Crippen MR) is 81.7 cm³/mol. The summed E-state index contributed by atoms with van der Waals surface area (Å²) in [5.74, 6) is 0. The van der Waals surface area contributed by atoms with Crippen LogP contribution in [0.2, 0.25) is 0 Å². The van der Waals surface area contributed by atoms with E-state index in [2.05, 4.69) is 56.2 Å². The molecule has 1 aromatic rings. The third-order valence-electron chi connectivity index (χ3n) is 3.12. The Hall–Kier alpha value is -0.730. The van der Waals surface area contributed by atoms with Gasteiger partial charge in [-0.15, -0.1) is 12.4 Å². The summed E-state index contributed by atoms with van der Waals surface area (Å²) in [5.41, 5.74) is 4.66. The number of hydrogen-bond acceptors (Lipinski definition) is 2. The number of benzene rings is 1. The van der Waals surface area contributed by atoms with E-state index < -0.39 is 0 Å². The molecule has 1 aromatic carbocycles. The van der Waals surface area contributed by atoms with E-state index in [4.69, 9.17) is 0 Å². The molecule has 0 aliphatic carbocycles. The van der Waals surface area contributed by atoms with Crippen LogP contribution in [0, 0.1) is 5.41 Å². The number of nitrogens with zero attached hydrogens (tertiary/aromatic N) is 1. The summed E-state index contributed by atoms with van der Waals surface area (Å²) in [6.45, 7) is 10.1. The van der Waals surface area contributed by atoms with Gasteiger partial charge in [0.15, 0.2) is 0 Å². The zero-order valence-electron chi connectivity index (χ0n) is 11.9. The zero-order valence-corrected chi connectivity index (χ0v) is 12.7. The highest BCUT2D eigenvalue weighted by molar-refractivity contribution is 5.85. The molecular weight excluding hydrogens is 244 g/mol. The third kappa shape index (κ3) is 3.89. The van der Waals surface area contributed by atoms with Crippen LogP contribution < -0.4 is 5.32 Å². The number of hydrogen-bond donors (Lipinski definition) is 1. The predicted octanol–water partition coefficient (Wildman–Crippen LogP) is 3.55. The Labute approximate surface area is 117 Å². The fourth-order valence-corrected chi connectivity index (χ4v) is 2.70. The molecule has 1 aliphatic heterocycles. The van der Waals surface area contributed by atoms with Crippen molar-refractivity contribution in [3.63, 3.8) is 0 Å². The minimum absolute atomic E-state index is 0. The molecule has 2 rings (SSSR count). The van der Waals surface area contributed by atoms with Gasteiger partial charge in [0.2, 0.25) is 0 Å². The van der Waals surface area contributed by atoms with Gasteiger partial charge in [0.1, 0.15) is 0 Å². The Kier molecular flexibility index (Phi) is 5.06. The highest BCUT2D eigenvalue weighted by atomic mass is 35.5. The average molecular weight is 269 g/mol. The van der Waals surface area contributed by atoms with Crippen LogP contribution in [0.5, 0.6) is 0 Å². The molecule has 18 heavy (non-hydrogen) atoms. The van der Waals surface area contributed by atoms with E-state index in [1.165, 1.54) is 23.2 Å². The molecule has 0 saturated heterocycles. The fraction of sp³-hybridized carbons (Fsp3) is 0.600. The summed E-state index contributed by atoms with van der Waals surface area (Å²) in [4.78, 5) is 2.41. The van der Waals surface area contributed by atoms with E-state index in [1.807, 2.05) is 0 Å². The van der Waals surface area contributed by atoms with Gasteiger partial charge in [0, 0.05) is 25.3 Å². The fourth-order valence-electron chi connectivity index (χ4n) is 2.70. The van der Waals surface area contributed by atoms with E-state index in [1.54, 1.807) is 0 Å². The standard InChI is InChI=1S/C15H24N2.ClH/c1-15(2,3)11-17(4)10-13-7-5-6-12-8-9-16-14(12)13;/h5-7,16H,8-11H2,1-4H3;1H. The van der Waals surface area contributed by atoms with E-state index in [-0.39, 0.29) is 12.4 Å². The number of para-hydroxylation sites is 1. The first kappa shape index (κ1) is 15.3. The second-order valence-electron chi connectivity index (χ2n) is 6.36. The first-order valence-corrected chi connectivity index (χ1v) is 6.49.